The molecule has 0 heterocycles. The van der Waals surface area contributed by atoms with Crippen LogP contribution in [0, 0.1) is 0 Å². The maximum absolute atomic E-state index is 9.66. The Morgan fingerprint density at radius 1 is 1.47 bits per heavy atom. The number of rotatable bonds is 5. The van der Waals surface area contributed by atoms with Crippen LogP contribution in [-0.4, -0.2) is 23.3 Å². The van der Waals surface area contributed by atoms with Gasteiger partial charge in [-0.1, -0.05) is 18.2 Å². The molecular weight excluding hydrogens is 214 g/mol. The molecule has 0 fully saturated rings. The molecule has 84 valence electrons. The van der Waals surface area contributed by atoms with Crippen LogP contribution < -0.4 is 5.32 Å². The molecule has 3 nitrogen and oxygen atoms in total. The zero-order chi connectivity index (χ0) is 10.4. The summed E-state index contributed by atoms with van der Waals surface area (Å²) in [6.07, 6.45) is 1.14. The first kappa shape index (κ1) is 14.0. The second-order valence-corrected chi connectivity index (χ2v) is 3.06. The maximum atomic E-state index is 9.66. The minimum atomic E-state index is -0.595. The van der Waals surface area contributed by atoms with Gasteiger partial charge in [0.2, 0.25) is 0 Å². The van der Waals surface area contributed by atoms with Gasteiger partial charge in [0.05, 0.1) is 6.10 Å². The Bertz CT molecular complexity index is 304. The van der Waals surface area contributed by atoms with Crippen LogP contribution in [0.15, 0.2) is 36.9 Å². The summed E-state index contributed by atoms with van der Waals surface area (Å²) >= 11 is 0. The van der Waals surface area contributed by atoms with E-state index < -0.39 is 6.10 Å². The summed E-state index contributed by atoms with van der Waals surface area (Å²) in [6, 6.07) is 6.62. The second kappa shape index (κ2) is 7.29. The number of nitrogens with one attached hydrogen (secondary N) is 1. The maximum Gasteiger partial charge on any atom is 0.115 e. The first-order valence-electron chi connectivity index (χ1n) is 4.52. The van der Waals surface area contributed by atoms with Crippen LogP contribution in [0.3, 0.4) is 0 Å². The third kappa shape index (κ3) is 4.83. The normalized spacial score (nSPS) is 11.5. The highest BCUT2D eigenvalue weighted by atomic mass is 35.5. The van der Waals surface area contributed by atoms with Crippen LogP contribution >= 0.6 is 12.4 Å². The van der Waals surface area contributed by atoms with Crippen molar-refractivity contribution in [1.29, 1.82) is 0 Å². The van der Waals surface area contributed by atoms with Crippen LogP contribution in [0.25, 0.3) is 0 Å². The van der Waals surface area contributed by atoms with Crippen LogP contribution in [0.4, 0.5) is 0 Å². The van der Waals surface area contributed by atoms with Crippen molar-refractivity contribution in [3.05, 3.63) is 42.5 Å². The van der Waals surface area contributed by atoms with Crippen LogP contribution in [0.1, 0.15) is 11.7 Å². The molecule has 1 aromatic carbocycles. The average Bonchev–Trinajstić information content (AvgIpc) is 2.18. The smallest absolute Gasteiger partial charge is 0.115 e. The Kier molecular flexibility index (Phi) is 6.79. The fraction of sp³-hybridized carbons (Fsp3) is 0.273. The molecule has 0 bridgehead atoms. The highest BCUT2D eigenvalue weighted by Gasteiger charge is 2.06. The highest BCUT2D eigenvalue weighted by Crippen LogP contribution is 2.17. The zero-order valence-electron chi connectivity index (χ0n) is 8.39. The SMILES string of the molecule is C=CCNCC(O)c1cccc(O)c1.Cl. The standard InChI is InChI=1S/C11H15NO2.ClH/c1-2-6-12-8-11(14)9-4-3-5-10(13)7-9;/h2-5,7,11-14H,1,6,8H2;1H. The predicted molar refractivity (Wildman–Crippen MR) is 63.4 cm³/mol. The van der Waals surface area contributed by atoms with E-state index in [-0.39, 0.29) is 18.2 Å². The average molecular weight is 230 g/mol. The fourth-order valence-corrected chi connectivity index (χ4v) is 1.17. The van der Waals surface area contributed by atoms with Crippen LogP contribution in [0.2, 0.25) is 0 Å². The molecule has 0 aliphatic carbocycles. The van der Waals surface area contributed by atoms with Crippen molar-refractivity contribution >= 4 is 12.4 Å². The predicted octanol–water partition coefficient (Wildman–Crippen LogP) is 1.62. The molecule has 0 saturated carbocycles. The summed E-state index contributed by atoms with van der Waals surface area (Å²) in [4.78, 5) is 0. The van der Waals surface area contributed by atoms with E-state index in [0.717, 1.165) is 0 Å². The fourth-order valence-electron chi connectivity index (χ4n) is 1.17. The number of aromatic hydroxyl groups is 1. The van der Waals surface area contributed by atoms with Crippen molar-refractivity contribution in [1.82, 2.24) is 5.32 Å². The van der Waals surface area contributed by atoms with E-state index in [1.54, 1.807) is 30.3 Å². The number of aliphatic hydroxyl groups excluding tert-OH is 1. The lowest BCUT2D eigenvalue weighted by Gasteiger charge is -2.11. The minimum absolute atomic E-state index is 0. The molecule has 1 unspecified atom stereocenters. The molecule has 0 saturated heterocycles. The molecule has 4 heteroatoms. The quantitative estimate of drug-likeness (QED) is 0.531. The molecule has 15 heavy (non-hydrogen) atoms. The minimum Gasteiger partial charge on any atom is -0.508 e. The van der Waals surface area contributed by atoms with Crippen molar-refractivity contribution < 1.29 is 10.2 Å². The lowest BCUT2D eigenvalue weighted by atomic mass is 10.1. The van der Waals surface area contributed by atoms with Crippen LogP contribution in [0.5, 0.6) is 5.75 Å². The van der Waals surface area contributed by atoms with Gasteiger partial charge in [0.15, 0.2) is 0 Å². The van der Waals surface area contributed by atoms with Crippen LogP contribution in [-0.2, 0) is 0 Å². The van der Waals surface area contributed by atoms with Gasteiger partial charge >= 0.3 is 0 Å². The van der Waals surface area contributed by atoms with Crippen molar-refractivity contribution in [2.24, 2.45) is 0 Å². The summed E-state index contributed by atoms with van der Waals surface area (Å²) in [7, 11) is 0. The van der Waals surface area contributed by atoms with Crippen molar-refractivity contribution in [2.45, 2.75) is 6.10 Å². The van der Waals surface area contributed by atoms with E-state index in [1.807, 2.05) is 0 Å². The number of phenolic OH excluding ortho intramolecular Hbond substituents is 1. The number of halogens is 1. The Morgan fingerprint density at radius 2 is 2.20 bits per heavy atom. The molecule has 1 aromatic rings. The summed E-state index contributed by atoms with van der Waals surface area (Å²) in [5.41, 5.74) is 0.710. The van der Waals surface area contributed by atoms with Gasteiger partial charge in [-0.15, -0.1) is 19.0 Å². The summed E-state index contributed by atoms with van der Waals surface area (Å²) in [5, 5.41) is 21.9. The molecule has 1 atom stereocenters. The molecule has 0 radical (unpaired) electrons. The molecule has 0 aromatic heterocycles. The van der Waals surface area contributed by atoms with Gasteiger partial charge in [-0.2, -0.15) is 0 Å². The Morgan fingerprint density at radius 3 is 2.80 bits per heavy atom. The van der Waals surface area contributed by atoms with Gasteiger partial charge in [-0.3, -0.25) is 0 Å². The van der Waals surface area contributed by atoms with E-state index in [1.165, 1.54) is 0 Å². The highest BCUT2D eigenvalue weighted by molar-refractivity contribution is 5.85. The lowest BCUT2D eigenvalue weighted by Crippen LogP contribution is -2.21. The van der Waals surface area contributed by atoms with E-state index in [2.05, 4.69) is 11.9 Å². The Balaban J connectivity index is 0.00000196. The van der Waals surface area contributed by atoms with Crippen molar-refractivity contribution in [3.63, 3.8) is 0 Å². The summed E-state index contributed by atoms with van der Waals surface area (Å²) in [5.74, 6) is 0.172. The number of hydrogen-bond donors (Lipinski definition) is 3. The summed E-state index contributed by atoms with van der Waals surface area (Å²) < 4.78 is 0. The molecule has 3 N–H and O–H groups in total. The van der Waals surface area contributed by atoms with Crippen molar-refractivity contribution in [2.75, 3.05) is 13.1 Å². The third-order valence-corrected chi connectivity index (χ3v) is 1.88. The number of hydrogen-bond acceptors (Lipinski definition) is 3. The number of aliphatic hydroxyl groups is 1. The monoisotopic (exact) mass is 229 g/mol. The van der Waals surface area contributed by atoms with E-state index >= 15 is 0 Å². The van der Waals surface area contributed by atoms with E-state index in [4.69, 9.17) is 0 Å². The molecule has 0 amide bonds. The largest absolute Gasteiger partial charge is 0.508 e. The van der Waals surface area contributed by atoms with Crippen molar-refractivity contribution in [3.8, 4) is 5.75 Å². The summed E-state index contributed by atoms with van der Waals surface area (Å²) in [6.45, 7) is 4.68. The first-order valence-corrected chi connectivity index (χ1v) is 4.52. The third-order valence-electron chi connectivity index (χ3n) is 1.88. The van der Waals surface area contributed by atoms with E-state index in [9.17, 15) is 10.2 Å². The second-order valence-electron chi connectivity index (χ2n) is 3.06. The Hall–Kier alpha value is -1.03. The topological polar surface area (TPSA) is 52.5 Å². The molecular formula is C11H16ClNO2. The van der Waals surface area contributed by atoms with E-state index in [0.29, 0.717) is 18.7 Å². The molecule has 0 aliphatic rings. The zero-order valence-corrected chi connectivity index (χ0v) is 9.20. The van der Waals surface area contributed by atoms with Gasteiger partial charge in [0, 0.05) is 13.1 Å². The first-order chi connectivity index (χ1) is 6.74. The van der Waals surface area contributed by atoms with Gasteiger partial charge < -0.3 is 15.5 Å². The molecule has 0 aliphatic heterocycles. The Labute approximate surface area is 95.9 Å². The lowest BCUT2D eigenvalue weighted by molar-refractivity contribution is 0.176. The van der Waals surface area contributed by atoms with Gasteiger partial charge in [0.25, 0.3) is 0 Å². The van der Waals surface area contributed by atoms with Gasteiger partial charge in [-0.05, 0) is 17.7 Å². The molecule has 1 rings (SSSR count). The number of phenols is 1. The number of benzene rings is 1. The molecule has 0 spiro atoms. The van der Waals surface area contributed by atoms with Gasteiger partial charge in [0.1, 0.15) is 5.75 Å². The van der Waals surface area contributed by atoms with Gasteiger partial charge in [-0.25, -0.2) is 0 Å².